The minimum absolute atomic E-state index is 0.0304. The predicted molar refractivity (Wildman–Crippen MR) is 255 cm³/mol. The van der Waals surface area contributed by atoms with Crippen molar-refractivity contribution in [1.82, 2.24) is 9.80 Å². The van der Waals surface area contributed by atoms with Crippen LogP contribution in [0.15, 0.2) is 18.2 Å². The van der Waals surface area contributed by atoms with E-state index >= 15 is 0 Å². The van der Waals surface area contributed by atoms with Gasteiger partial charge in [-0.1, -0.05) is 102 Å². The zero-order chi connectivity index (χ0) is 44.2. The average Bonchev–Trinajstić information content (AvgIpc) is 3.00. The van der Waals surface area contributed by atoms with Crippen molar-refractivity contribution in [2.45, 2.75) is 212 Å². The molecule has 0 aromatic heterocycles. The van der Waals surface area contributed by atoms with Crippen LogP contribution in [0.25, 0.3) is 0 Å². The van der Waals surface area contributed by atoms with E-state index in [1.807, 2.05) is 26.2 Å². The van der Waals surface area contributed by atoms with Crippen molar-refractivity contribution in [2.75, 3.05) is 45.7 Å². The maximum atomic E-state index is 14.8. The van der Waals surface area contributed by atoms with Gasteiger partial charge in [-0.15, -0.1) is 0 Å². The molecule has 1 N–H and O–H groups in total. The van der Waals surface area contributed by atoms with E-state index in [4.69, 9.17) is 17.7 Å². The van der Waals surface area contributed by atoms with Crippen LogP contribution < -0.4 is 5.32 Å². The molecule has 1 saturated heterocycles. The molecule has 1 heterocycles. The SMILES string of the molecule is CN(C)Cc1ccc(NCCCCCCN2CC(O[Si](C)(C)C(C)(C)C)C(O[Si](C)(C)C(C)(C)C)C(O[Si](C)(C)C(C)(C)C)[C@H]2CO[Si](C)(C)C(C)(C)C)c(F)c1. The van der Waals surface area contributed by atoms with Crippen LogP contribution >= 0.6 is 0 Å². The van der Waals surface area contributed by atoms with E-state index in [1.54, 1.807) is 6.07 Å². The minimum atomic E-state index is -2.27. The molecular formula is C45H92FN3O4Si4. The lowest BCUT2D eigenvalue weighted by Crippen LogP contribution is -2.70. The summed E-state index contributed by atoms with van der Waals surface area (Å²) in [6, 6.07) is 5.59. The fourth-order valence-electron chi connectivity index (χ4n) is 6.24. The molecule has 0 radical (unpaired) electrons. The number of hydrogen-bond acceptors (Lipinski definition) is 7. The fourth-order valence-corrected chi connectivity index (χ4v) is 11.2. The molecule has 0 saturated carbocycles. The molecule has 1 aliphatic rings. The number of nitrogens with one attached hydrogen (secondary N) is 1. The Morgan fingerprint density at radius 2 is 1.14 bits per heavy atom. The number of benzene rings is 1. The Balaban J connectivity index is 2.51. The quantitative estimate of drug-likeness (QED) is 0.110. The molecule has 1 aromatic rings. The molecule has 0 aliphatic carbocycles. The van der Waals surface area contributed by atoms with Crippen LogP contribution in [0.2, 0.25) is 72.5 Å². The molecule has 2 rings (SSSR count). The Kier molecular flexibility index (Phi) is 18.3. The molecule has 12 heteroatoms. The Labute approximate surface area is 356 Å². The Morgan fingerprint density at radius 3 is 1.61 bits per heavy atom. The molecule has 1 aromatic carbocycles. The van der Waals surface area contributed by atoms with E-state index in [0.717, 1.165) is 57.4 Å². The third-order valence-electron chi connectivity index (χ3n) is 14.3. The number of anilines is 1. The van der Waals surface area contributed by atoms with Gasteiger partial charge in [-0.3, -0.25) is 4.90 Å². The van der Waals surface area contributed by atoms with Gasteiger partial charge in [-0.05, 0) is 124 Å². The molecule has 57 heavy (non-hydrogen) atoms. The van der Waals surface area contributed by atoms with Gasteiger partial charge in [0.15, 0.2) is 33.3 Å². The normalized spacial score (nSPS) is 21.4. The van der Waals surface area contributed by atoms with Crippen LogP contribution in [0.3, 0.4) is 0 Å². The van der Waals surface area contributed by atoms with Crippen LogP contribution in [0.4, 0.5) is 10.1 Å². The first-order valence-electron chi connectivity index (χ1n) is 22.1. The van der Waals surface area contributed by atoms with Crippen LogP contribution in [-0.2, 0) is 24.2 Å². The highest BCUT2D eigenvalue weighted by molar-refractivity contribution is 6.75. The predicted octanol–water partition coefficient (Wildman–Crippen LogP) is 12.7. The van der Waals surface area contributed by atoms with Gasteiger partial charge in [-0.2, -0.15) is 0 Å². The van der Waals surface area contributed by atoms with Crippen molar-refractivity contribution in [2.24, 2.45) is 0 Å². The fraction of sp³-hybridized carbons (Fsp3) is 0.867. The van der Waals surface area contributed by atoms with E-state index in [1.165, 1.54) is 0 Å². The molecule has 3 unspecified atom stereocenters. The van der Waals surface area contributed by atoms with Crippen LogP contribution in [-0.4, -0.2) is 108 Å². The van der Waals surface area contributed by atoms with Gasteiger partial charge in [0.1, 0.15) is 5.82 Å². The third-order valence-corrected chi connectivity index (χ3v) is 32.3. The summed E-state index contributed by atoms with van der Waals surface area (Å²) in [6.45, 7) is 51.0. The monoisotopic (exact) mass is 870 g/mol. The second-order valence-corrected chi connectivity index (χ2v) is 42.7. The number of nitrogens with zero attached hydrogens (tertiary/aromatic N) is 2. The Hall–Kier alpha value is -0.422. The summed E-state index contributed by atoms with van der Waals surface area (Å²) in [4.78, 5) is 4.73. The molecule has 7 nitrogen and oxygen atoms in total. The summed E-state index contributed by atoms with van der Waals surface area (Å²) in [5.74, 6) is -0.176. The first-order chi connectivity index (χ1) is 25.5. The van der Waals surface area contributed by atoms with Gasteiger partial charge in [0, 0.05) is 19.6 Å². The van der Waals surface area contributed by atoms with Crippen LogP contribution in [0, 0.1) is 5.82 Å². The maximum absolute atomic E-state index is 14.8. The molecule has 0 bridgehead atoms. The zero-order valence-electron chi connectivity index (χ0n) is 41.3. The molecular weight excluding hydrogens is 778 g/mol. The van der Waals surface area contributed by atoms with Crippen molar-refractivity contribution in [1.29, 1.82) is 0 Å². The summed E-state index contributed by atoms with van der Waals surface area (Å²) < 4.78 is 44.9. The summed E-state index contributed by atoms with van der Waals surface area (Å²) in [6.07, 6.45) is 3.76. The molecule has 1 fully saturated rings. The van der Waals surface area contributed by atoms with Crippen molar-refractivity contribution < 1.29 is 22.1 Å². The first-order valence-corrected chi connectivity index (χ1v) is 33.7. The highest BCUT2D eigenvalue weighted by atomic mass is 28.4. The van der Waals surface area contributed by atoms with Gasteiger partial charge in [-0.25, -0.2) is 4.39 Å². The van der Waals surface area contributed by atoms with Crippen LogP contribution in [0.5, 0.6) is 0 Å². The Morgan fingerprint density at radius 1 is 0.667 bits per heavy atom. The summed E-state index contributed by atoms with van der Waals surface area (Å²) in [5, 5.41) is 3.57. The number of likely N-dealkylation sites (tertiary alicyclic amines) is 1. The molecule has 0 amide bonds. The van der Waals surface area contributed by atoms with Gasteiger partial charge in [0.05, 0.1) is 36.6 Å². The third kappa shape index (κ3) is 14.9. The summed E-state index contributed by atoms with van der Waals surface area (Å²) in [5.41, 5.74) is 1.57. The molecule has 0 spiro atoms. The van der Waals surface area contributed by atoms with Crippen molar-refractivity contribution in [3.63, 3.8) is 0 Å². The lowest BCUT2D eigenvalue weighted by molar-refractivity contribution is -0.128. The number of hydrogen-bond donors (Lipinski definition) is 1. The lowest BCUT2D eigenvalue weighted by atomic mass is 9.94. The van der Waals surface area contributed by atoms with Crippen molar-refractivity contribution >= 4 is 39.0 Å². The first kappa shape index (κ1) is 52.7. The number of rotatable bonds is 19. The molecule has 1 aliphatic heterocycles. The molecule has 4 atom stereocenters. The van der Waals surface area contributed by atoms with Gasteiger partial charge in [0.25, 0.3) is 0 Å². The highest BCUT2D eigenvalue weighted by Gasteiger charge is 2.55. The van der Waals surface area contributed by atoms with Gasteiger partial charge < -0.3 is 27.9 Å². The second-order valence-electron chi connectivity index (χ2n) is 23.6. The van der Waals surface area contributed by atoms with E-state index in [0.29, 0.717) is 12.3 Å². The smallest absolute Gasteiger partial charge is 0.192 e. The number of piperidine rings is 1. The van der Waals surface area contributed by atoms with E-state index in [2.05, 4.69) is 151 Å². The standard InChI is InChI=1S/C45H92FN3O4Si4/c1-42(2,3)54(15,16)50-34-38-40(52-56(19,20)44(7,8)9)41(53-57(21,22)45(10,11)12)39(51-55(17,18)43(4,5)6)33-49(38)30-26-24-23-25-29-47-37-28-27-35(31-36(37)46)32-48(13)14/h27-28,31,38-41,47H,23-26,29-30,32-34H2,1-22H3/t38-,39?,40?,41?/m1/s1. The molecule has 334 valence electrons. The van der Waals surface area contributed by atoms with E-state index in [-0.39, 0.29) is 50.3 Å². The average molecular weight is 871 g/mol. The number of unbranched alkanes of at least 4 members (excludes halogenated alkanes) is 3. The largest absolute Gasteiger partial charge is 0.415 e. The van der Waals surface area contributed by atoms with E-state index in [9.17, 15) is 4.39 Å². The van der Waals surface area contributed by atoms with Crippen molar-refractivity contribution in [3.05, 3.63) is 29.6 Å². The summed E-state index contributed by atoms with van der Waals surface area (Å²) >= 11 is 0. The topological polar surface area (TPSA) is 55.4 Å². The summed E-state index contributed by atoms with van der Waals surface area (Å²) in [7, 11) is -4.80. The lowest BCUT2D eigenvalue weighted by Gasteiger charge is -2.56. The number of halogens is 1. The van der Waals surface area contributed by atoms with Gasteiger partial charge in [0.2, 0.25) is 0 Å². The minimum Gasteiger partial charge on any atom is -0.415 e. The van der Waals surface area contributed by atoms with Crippen molar-refractivity contribution in [3.8, 4) is 0 Å². The highest BCUT2D eigenvalue weighted by Crippen LogP contribution is 2.46. The van der Waals surface area contributed by atoms with Gasteiger partial charge >= 0.3 is 0 Å². The zero-order valence-corrected chi connectivity index (χ0v) is 45.3. The van der Waals surface area contributed by atoms with E-state index < -0.39 is 33.3 Å². The maximum Gasteiger partial charge on any atom is 0.192 e. The van der Waals surface area contributed by atoms with Crippen LogP contribution in [0.1, 0.15) is 114 Å². The second kappa shape index (κ2) is 19.7. The Bertz CT molecular complexity index is 1400.